The Bertz CT molecular complexity index is 628. The van der Waals surface area contributed by atoms with E-state index in [4.69, 9.17) is 16.3 Å². The predicted octanol–water partition coefficient (Wildman–Crippen LogP) is 5.08. The van der Waals surface area contributed by atoms with Crippen molar-refractivity contribution in [2.24, 2.45) is 0 Å². The Labute approximate surface area is 149 Å². The van der Waals surface area contributed by atoms with Gasteiger partial charge >= 0.3 is 0 Å². The maximum atomic E-state index is 12.2. The normalized spacial score (nSPS) is 10.5. The molecule has 1 heterocycles. The number of carbonyl (C=O) groups is 1. The number of ether oxygens (including phenoxy) is 1. The van der Waals surface area contributed by atoms with Crippen LogP contribution >= 0.6 is 54.8 Å². The van der Waals surface area contributed by atoms with Gasteiger partial charge in [-0.25, -0.2) is 0 Å². The molecule has 7 heteroatoms. The van der Waals surface area contributed by atoms with Crippen LogP contribution in [0.15, 0.2) is 38.6 Å². The largest absolute Gasteiger partial charge is 0.490 e. The summed E-state index contributed by atoms with van der Waals surface area (Å²) in [6.07, 6.45) is 0. The van der Waals surface area contributed by atoms with Crippen LogP contribution in [0.4, 0.5) is 0 Å². The Kier molecular flexibility index (Phi) is 6.10. The maximum Gasteiger partial charge on any atom is 0.263 e. The summed E-state index contributed by atoms with van der Waals surface area (Å²) in [4.78, 5) is 14.5. The molecule has 112 valence electrons. The van der Waals surface area contributed by atoms with Crippen molar-refractivity contribution in [1.82, 2.24) is 4.90 Å². The highest BCUT2D eigenvalue weighted by Gasteiger charge is 2.16. The zero-order valence-corrected chi connectivity index (χ0v) is 15.9. The minimum absolute atomic E-state index is 0.0332. The van der Waals surface area contributed by atoms with Crippen molar-refractivity contribution in [2.45, 2.75) is 0 Å². The van der Waals surface area contributed by atoms with E-state index in [0.29, 0.717) is 28.8 Å². The Hall–Kier alpha value is -0.560. The molecule has 0 unspecified atom stereocenters. The fraction of sp³-hybridized carbons (Fsp3) is 0.214. The van der Waals surface area contributed by atoms with Gasteiger partial charge in [0, 0.05) is 11.5 Å². The fourth-order valence-corrected chi connectivity index (χ4v) is 3.82. The average Bonchev–Trinajstić information content (AvgIpc) is 2.80. The van der Waals surface area contributed by atoms with Gasteiger partial charge < -0.3 is 9.64 Å². The highest BCUT2D eigenvalue weighted by atomic mass is 79.9. The predicted molar refractivity (Wildman–Crippen MR) is 93.6 cm³/mol. The van der Waals surface area contributed by atoms with Crippen molar-refractivity contribution in [1.29, 1.82) is 0 Å². The highest BCUT2D eigenvalue weighted by Crippen LogP contribution is 2.32. The van der Waals surface area contributed by atoms with E-state index < -0.39 is 0 Å². The van der Waals surface area contributed by atoms with Crippen LogP contribution in [-0.2, 0) is 0 Å². The molecule has 0 N–H and O–H groups in total. The monoisotopic (exact) mass is 451 g/mol. The van der Waals surface area contributed by atoms with Gasteiger partial charge in [-0.15, -0.1) is 11.3 Å². The lowest BCUT2D eigenvalue weighted by Crippen LogP contribution is -2.30. The van der Waals surface area contributed by atoms with E-state index in [-0.39, 0.29) is 5.91 Å². The number of benzene rings is 1. The van der Waals surface area contributed by atoms with Gasteiger partial charge in [0.05, 0.1) is 20.2 Å². The smallest absolute Gasteiger partial charge is 0.263 e. The van der Waals surface area contributed by atoms with E-state index in [1.54, 1.807) is 24.1 Å². The van der Waals surface area contributed by atoms with Crippen molar-refractivity contribution in [3.8, 4) is 5.75 Å². The van der Waals surface area contributed by atoms with Crippen molar-refractivity contribution >= 4 is 60.7 Å². The molecule has 0 saturated carbocycles. The Morgan fingerprint density at radius 1 is 1.38 bits per heavy atom. The van der Waals surface area contributed by atoms with Crippen LogP contribution in [0.5, 0.6) is 5.75 Å². The standard InChI is InChI=1S/C14H12Br2ClNO2S/c1-18(14(19)12-8-9(15)13(16)21-12)6-7-20-11-5-3-2-4-10(11)17/h2-5,8H,6-7H2,1H3. The summed E-state index contributed by atoms with van der Waals surface area (Å²) >= 11 is 14.2. The van der Waals surface area contributed by atoms with Gasteiger partial charge in [0.2, 0.25) is 0 Å². The zero-order chi connectivity index (χ0) is 15.4. The third-order valence-electron chi connectivity index (χ3n) is 2.72. The van der Waals surface area contributed by atoms with Crippen LogP contribution < -0.4 is 4.74 Å². The molecule has 0 aliphatic carbocycles. The SMILES string of the molecule is CN(CCOc1ccccc1Cl)C(=O)c1cc(Br)c(Br)s1. The summed E-state index contributed by atoms with van der Waals surface area (Å²) in [5.41, 5.74) is 0. The molecule has 0 spiro atoms. The van der Waals surface area contributed by atoms with Gasteiger partial charge in [-0.3, -0.25) is 4.79 Å². The first kappa shape index (κ1) is 16.8. The number of hydrogen-bond donors (Lipinski definition) is 0. The van der Waals surface area contributed by atoms with E-state index in [1.165, 1.54) is 11.3 Å². The number of carbonyl (C=O) groups excluding carboxylic acids is 1. The van der Waals surface area contributed by atoms with Crippen LogP contribution in [0.2, 0.25) is 5.02 Å². The Morgan fingerprint density at radius 2 is 2.10 bits per heavy atom. The number of amides is 1. The Balaban J connectivity index is 1.88. The van der Waals surface area contributed by atoms with Crippen LogP contribution in [0, 0.1) is 0 Å². The first-order valence-corrected chi connectivity index (χ1v) is 8.84. The molecule has 21 heavy (non-hydrogen) atoms. The number of likely N-dealkylation sites (N-methyl/N-ethyl adjacent to an activating group) is 1. The molecule has 0 bridgehead atoms. The van der Waals surface area contributed by atoms with Crippen LogP contribution in [0.25, 0.3) is 0 Å². The summed E-state index contributed by atoms with van der Waals surface area (Å²) in [7, 11) is 1.75. The first-order chi connectivity index (χ1) is 9.99. The third-order valence-corrected chi connectivity index (χ3v) is 6.28. The van der Waals surface area contributed by atoms with Crippen molar-refractivity contribution in [3.63, 3.8) is 0 Å². The number of para-hydroxylation sites is 1. The van der Waals surface area contributed by atoms with Crippen LogP contribution in [0.1, 0.15) is 9.67 Å². The topological polar surface area (TPSA) is 29.5 Å². The number of rotatable bonds is 5. The van der Waals surface area contributed by atoms with Crippen molar-refractivity contribution in [3.05, 3.63) is 48.5 Å². The molecular weight excluding hydrogens is 441 g/mol. The lowest BCUT2D eigenvalue weighted by atomic mass is 10.3. The first-order valence-electron chi connectivity index (χ1n) is 6.06. The fourth-order valence-electron chi connectivity index (χ4n) is 1.60. The van der Waals surface area contributed by atoms with E-state index in [9.17, 15) is 4.79 Å². The average molecular weight is 454 g/mol. The van der Waals surface area contributed by atoms with Crippen molar-refractivity contribution in [2.75, 3.05) is 20.2 Å². The number of hydrogen-bond acceptors (Lipinski definition) is 3. The molecule has 1 amide bonds. The molecule has 3 nitrogen and oxygen atoms in total. The van der Waals surface area contributed by atoms with Crippen molar-refractivity contribution < 1.29 is 9.53 Å². The van der Waals surface area contributed by atoms with Gasteiger partial charge in [-0.2, -0.15) is 0 Å². The minimum atomic E-state index is -0.0332. The minimum Gasteiger partial charge on any atom is -0.490 e. The van der Waals surface area contributed by atoms with E-state index >= 15 is 0 Å². The summed E-state index contributed by atoms with van der Waals surface area (Å²) in [5, 5.41) is 0.567. The number of nitrogens with zero attached hydrogens (tertiary/aromatic N) is 1. The molecule has 2 rings (SSSR count). The summed E-state index contributed by atoms with van der Waals surface area (Å²) in [6, 6.07) is 9.08. The number of thiophene rings is 1. The molecule has 0 radical (unpaired) electrons. The lowest BCUT2D eigenvalue weighted by Gasteiger charge is -2.16. The lowest BCUT2D eigenvalue weighted by molar-refractivity contribution is 0.0778. The molecule has 0 fully saturated rings. The third kappa shape index (κ3) is 4.45. The Morgan fingerprint density at radius 3 is 2.71 bits per heavy atom. The van der Waals surface area contributed by atoms with E-state index in [1.807, 2.05) is 18.2 Å². The van der Waals surface area contributed by atoms with E-state index in [0.717, 1.165) is 8.26 Å². The van der Waals surface area contributed by atoms with Gasteiger partial charge in [-0.05, 0) is 50.1 Å². The second-order valence-electron chi connectivity index (χ2n) is 4.24. The number of halogens is 3. The molecular formula is C14H12Br2ClNO2S. The molecule has 0 aliphatic heterocycles. The summed E-state index contributed by atoms with van der Waals surface area (Å²) in [6.45, 7) is 0.872. The molecule has 0 aliphatic rings. The molecule has 0 atom stereocenters. The van der Waals surface area contributed by atoms with Crippen LogP contribution in [-0.4, -0.2) is 31.0 Å². The molecule has 1 aromatic heterocycles. The highest BCUT2D eigenvalue weighted by molar-refractivity contribution is 9.13. The van der Waals surface area contributed by atoms with Crippen LogP contribution in [0.3, 0.4) is 0 Å². The zero-order valence-electron chi connectivity index (χ0n) is 11.1. The van der Waals surface area contributed by atoms with E-state index in [2.05, 4.69) is 31.9 Å². The van der Waals surface area contributed by atoms with Gasteiger partial charge in [0.25, 0.3) is 5.91 Å². The summed E-state index contributed by atoms with van der Waals surface area (Å²) < 4.78 is 7.38. The second kappa shape index (κ2) is 7.63. The second-order valence-corrected chi connectivity index (χ2v) is 7.87. The van der Waals surface area contributed by atoms with Gasteiger partial charge in [0.15, 0.2) is 0 Å². The van der Waals surface area contributed by atoms with Gasteiger partial charge in [-0.1, -0.05) is 23.7 Å². The quantitative estimate of drug-likeness (QED) is 0.632. The molecule has 2 aromatic rings. The molecule has 1 aromatic carbocycles. The molecule has 0 saturated heterocycles. The maximum absolute atomic E-state index is 12.2. The summed E-state index contributed by atoms with van der Waals surface area (Å²) in [5.74, 6) is 0.593. The van der Waals surface area contributed by atoms with Gasteiger partial charge in [0.1, 0.15) is 12.4 Å².